The molecular weight excluding hydrogens is 286 g/mol. The van der Waals surface area contributed by atoms with E-state index >= 15 is 0 Å². The number of fused-ring (bicyclic) bond motifs is 1. The summed E-state index contributed by atoms with van der Waals surface area (Å²) in [5.74, 6) is 1.36. The smallest absolute Gasteiger partial charge is 0.224 e. The zero-order chi connectivity index (χ0) is 13.4. The third-order valence-electron chi connectivity index (χ3n) is 3.72. The number of aromatic nitrogens is 2. The largest absolute Gasteiger partial charge is 0.381 e. The van der Waals surface area contributed by atoms with Crippen LogP contribution < -0.4 is 4.90 Å². The minimum atomic E-state index is -0.999. The molecule has 1 aromatic heterocycles. The maximum atomic E-state index is 12.1. The molecule has 0 unspecified atom stereocenters. The second-order valence-corrected chi connectivity index (χ2v) is 6.69. The van der Waals surface area contributed by atoms with Crippen LogP contribution in [-0.4, -0.2) is 46.2 Å². The van der Waals surface area contributed by atoms with Crippen LogP contribution in [0.15, 0.2) is 4.90 Å². The average molecular weight is 302 g/mol. The van der Waals surface area contributed by atoms with Gasteiger partial charge in [-0.3, -0.25) is 4.21 Å². The van der Waals surface area contributed by atoms with Gasteiger partial charge in [0.25, 0.3) is 0 Å². The number of rotatable bonds is 2. The Hall–Kier alpha value is -0.720. The summed E-state index contributed by atoms with van der Waals surface area (Å²) in [4.78, 5) is 11.4. The van der Waals surface area contributed by atoms with Crippen LogP contribution in [-0.2, 0) is 22.0 Å². The van der Waals surface area contributed by atoms with Gasteiger partial charge in [0.1, 0.15) is 10.7 Å². The van der Waals surface area contributed by atoms with E-state index < -0.39 is 10.8 Å². The molecule has 0 aliphatic carbocycles. The molecule has 1 atom stereocenters. The minimum Gasteiger partial charge on any atom is -0.381 e. The monoisotopic (exact) mass is 301 g/mol. The molecular formula is C12H16ClN3O2S. The van der Waals surface area contributed by atoms with Crippen molar-refractivity contribution in [2.24, 2.45) is 0 Å². The van der Waals surface area contributed by atoms with Crippen molar-refractivity contribution in [3.05, 3.63) is 11.0 Å². The molecule has 0 amide bonds. The van der Waals surface area contributed by atoms with Gasteiger partial charge in [0.15, 0.2) is 0 Å². The first-order valence-electron chi connectivity index (χ1n) is 6.42. The fourth-order valence-electron chi connectivity index (χ4n) is 2.63. The van der Waals surface area contributed by atoms with E-state index in [-0.39, 0.29) is 5.28 Å². The topological polar surface area (TPSA) is 55.3 Å². The van der Waals surface area contributed by atoms with Crippen molar-refractivity contribution in [3.63, 3.8) is 0 Å². The van der Waals surface area contributed by atoms with Crippen molar-refractivity contribution in [1.82, 2.24) is 9.97 Å². The Morgan fingerprint density at radius 2 is 2.11 bits per heavy atom. The van der Waals surface area contributed by atoms with Crippen molar-refractivity contribution in [2.45, 2.75) is 30.2 Å². The number of ether oxygens (including phenoxy) is 1. The van der Waals surface area contributed by atoms with Crippen molar-refractivity contribution >= 4 is 28.2 Å². The highest BCUT2D eigenvalue weighted by Gasteiger charge is 2.30. The second-order valence-electron chi connectivity index (χ2n) is 4.85. The number of halogens is 1. The first-order valence-corrected chi connectivity index (χ1v) is 8.12. The zero-order valence-electron chi connectivity index (χ0n) is 10.8. The highest BCUT2D eigenvalue weighted by Crippen LogP contribution is 2.32. The normalized spacial score (nSPS) is 23.4. The summed E-state index contributed by atoms with van der Waals surface area (Å²) in [6.07, 6.45) is 2.64. The lowest BCUT2D eigenvalue weighted by atomic mass is 10.1. The summed E-state index contributed by atoms with van der Waals surface area (Å²) >= 11 is 5.99. The molecule has 1 aromatic rings. The van der Waals surface area contributed by atoms with Crippen LogP contribution in [0.4, 0.5) is 5.82 Å². The van der Waals surface area contributed by atoms with Crippen molar-refractivity contribution in [3.8, 4) is 0 Å². The second kappa shape index (κ2) is 5.34. The third kappa shape index (κ3) is 2.49. The molecule has 1 fully saturated rings. The molecule has 1 saturated heterocycles. The van der Waals surface area contributed by atoms with Crippen LogP contribution >= 0.6 is 11.6 Å². The van der Waals surface area contributed by atoms with Crippen molar-refractivity contribution in [1.29, 1.82) is 0 Å². The quantitative estimate of drug-likeness (QED) is 0.773. The summed E-state index contributed by atoms with van der Waals surface area (Å²) in [7, 11) is 0.991. The van der Waals surface area contributed by atoms with Crippen LogP contribution in [0.2, 0.25) is 5.28 Å². The lowest BCUT2D eigenvalue weighted by Gasteiger charge is -2.32. The molecule has 0 radical (unpaired) electrons. The first-order chi connectivity index (χ1) is 9.16. The van der Waals surface area contributed by atoms with E-state index in [1.165, 1.54) is 0 Å². The predicted octanol–water partition coefficient (Wildman–Crippen LogP) is 1.41. The summed E-state index contributed by atoms with van der Waals surface area (Å²) in [6.45, 7) is 1.53. The summed E-state index contributed by atoms with van der Waals surface area (Å²) < 4.78 is 17.5. The molecule has 0 bridgehead atoms. The van der Waals surface area contributed by atoms with Crippen LogP contribution in [0.25, 0.3) is 0 Å². The molecule has 2 aliphatic rings. The lowest BCUT2D eigenvalue weighted by Crippen LogP contribution is -2.37. The minimum absolute atomic E-state index is 0.242. The maximum Gasteiger partial charge on any atom is 0.224 e. The van der Waals surface area contributed by atoms with E-state index in [1.54, 1.807) is 0 Å². The highest BCUT2D eigenvalue weighted by molar-refractivity contribution is 7.85. The summed E-state index contributed by atoms with van der Waals surface area (Å²) in [5.41, 5.74) is 0.840. The van der Waals surface area contributed by atoms with Gasteiger partial charge in [-0.05, 0) is 24.4 Å². The Labute approximate surface area is 119 Å². The Morgan fingerprint density at radius 3 is 2.84 bits per heavy atom. The number of hydrogen-bond acceptors (Lipinski definition) is 5. The maximum absolute atomic E-state index is 12.1. The van der Waals surface area contributed by atoms with Crippen LogP contribution in [0, 0.1) is 0 Å². The van der Waals surface area contributed by atoms with Gasteiger partial charge in [-0.2, -0.15) is 4.98 Å². The molecule has 0 N–H and O–H groups in total. The molecule has 5 nitrogen and oxygen atoms in total. The summed E-state index contributed by atoms with van der Waals surface area (Å²) in [6, 6.07) is 0.362. The SMILES string of the molecule is CN(c1nc(Cl)nc2c1[S@@](=O)CC2)C1CCOCC1. The molecule has 3 rings (SSSR count). The number of anilines is 1. The highest BCUT2D eigenvalue weighted by atomic mass is 35.5. The van der Waals surface area contributed by atoms with Crippen LogP contribution in [0.5, 0.6) is 0 Å². The van der Waals surface area contributed by atoms with Gasteiger partial charge in [0.2, 0.25) is 5.28 Å². The molecule has 3 heterocycles. The number of hydrogen-bond donors (Lipinski definition) is 0. The number of aryl methyl sites for hydroxylation is 1. The fourth-order valence-corrected chi connectivity index (χ4v) is 4.20. The molecule has 0 saturated carbocycles. The van der Waals surface area contributed by atoms with Gasteiger partial charge >= 0.3 is 0 Å². The third-order valence-corrected chi connectivity index (χ3v) is 5.33. The zero-order valence-corrected chi connectivity index (χ0v) is 12.3. The van der Waals surface area contributed by atoms with E-state index in [4.69, 9.17) is 16.3 Å². The van der Waals surface area contributed by atoms with E-state index in [2.05, 4.69) is 14.9 Å². The Kier molecular flexibility index (Phi) is 3.73. The number of nitrogens with zero attached hydrogens (tertiary/aromatic N) is 3. The van der Waals surface area contributed by atoms with Gasteiger partial charge < -0.3 is 9.64 Å². The van der Waals surface area contributed by atoms with Crippen LogP contribution in [0.3, 0.4) is 0 Å². The molecule has 2 aliphatic heterocycles. The van der Waals surface area contributed by atoms with E-state index in [9.17, 15) is 4.21 Å². The van der Waals surface area contributed by atoms with Gasteiger partial charge in [-0.1, -0.05) is 0 Å². The molecule has 19 heavy (non-hydrogen) atoms. The average Bonchev–Trinajstić information content (AvgIpc) is 2.79. The Morgan fingerprint density at radius 1 is 1.37 bits per heavy atom. The van der Waals surface area contributed by atoms with Crippen LogP contribution in [0.1, 0.15) is 18.5 Å². The Bertz CT molecular complexity index is 520. The van der Waals surface area contributed by atoms with Gasteiger partial charge in [0, 0.05) is 38.5 Å². The van der Waals surface area contributed by atoms with Gasteiger partial charge in [-0.15, -0.1) is 0 Å². The van der Waals surface area contributed by atoms with Crippen molar-refractivity contribution in [2.75, 3.05) is 30.9 Å². The molecule has 104 valence electrons. The molecule has 7 heteroatoms. The van der Waals surface area contributed by atoms with E-state index in [1.807, 2.05) is 7.05 Å². The molecule has 0 spiro atoms. The molecule has 0 aromatic carbocycles. The van der Waals surface area contributed by atoms with Crippen molar-refractivity contribution < 1.29 is 8.95 Å². The fraction of sp³-hybridized carbons (Fsp3) is 0.667. The Balaban J connectivity index is 1.97. The first kappa shape index (κ1) is 13.3. The standard InChI is InChI=1S/C12H16ClN3O2S/c1-16(8-2-5-18-6-3-8)11-10-9(4-7-19(10)17)14-12(13)15-11/h8H,2-7H2,1H3/t19-/m0/s1. The summed E-state index contributed by atoms with van der Waals surface area (Å²) in [5, 5.41) is 0.242. The van der Waals surface area contributed by atoms with Gasteiger partial charge in [0.05, 0.1) is 16.5 Å². The predicted molar refractivity (Wildman–Crippen MR) is 74.3 cm³/mol. The van der Waals surface area contributed by atoms with E-state index in [0.29, 0.717) is 11.8 Å². The lowest BCUT2D eigenvalue weighted by molar-refractivity contribution is 0.0852. The van der Waals surface area contributed by atoms with E-state index in [0.717, 1.165) is 48.9 Å². The van der Waals surface area contributed by atoms with Gasteiger partial charge in [-0.25, -0.2) is 4.98 Å².